The summed E-state index contributed by atoms with van der Waals surface area (Å²) in [6, 6.07) is 0. The van der Waals surface area contributed by atoms with Crippen molar-refractivity contribution in [2.75, 3.05) is 47.1 Å². The first kappa shape index (κ1) is 37.2. The predicted octanol–water partition coefficient (Wildman–Crippen LogP) is 7.05. The molecule has 1 amide bonds. The highest BCUT2D eigenvalue weighted by Gasteiger charge is 2.36. The molecule has 41 heavy (non-hydrogen) atoms. The number of rotatable bonds is 16. The lowest BCUT2D eigenvalue weighted by molar-refractivity contribution is -0.921. The van der Waals surface area contributed by atoms with Gasteiger partial charge >= 0.3 is 0 Å². The number of amides is 1. The third-order valence-electron chi connectivity index (χ3n) is 8.48. The minimum absolute atomic E-state index is 0.00768. The molecule has 2 aliphatic rings. The highest BCUT2D eigenvalue weighted by Crippen LogP contribution is 2.47. The molecule has 1 N–H and O–H groups in total. The summed E-state index contributed by atoms with van der Waals surface area (Å²) in [5.74, 6) is 1.50. The van der Waals surface area contributed by atoms with E-state index in [1.165, 1.54) is 62.2 Å². The topological polar surface area (TPSA) is 90.4 Å². The molecular weight excluding hydrogens is 536 g/mol. The number of quaternary nitrogens is 1. The van der Waals surface area contributed by atoms with Crippen LogP contribution in [0.2, 0.25) is 0 Å². The van der Waals surface area contributed by atoms with Gasteiger partial charge in [0.25, 0.3) is 5.88 Å². The van der Waals surface area contributed by atoms with Crippen LogP contribution in [0.1, 0.15) is 117 Å². The molecule has 1 fully saturated rings. The van der Waals surface area contributed by atoms with Crippen molar-refractivity contribution in [3.63, 3.8) is 0 Å². The van der Waals surface area contributed by atoms with E-state index in [0.29, 0.717) is 17.7 Å². The van der Waals surface area contributed by atoms with Gasteiger partial charge in [0.15, 0.2) is 6.73 Å². The zero-order valence-electron chi connectivity index (χ0n) is 27.1. The largest absolute Gasteiger partial charge is 0.475 e. The minimum Gasteiger partial charge on any atom is -0.475 e. The predicted molar refractivity (Wildman–Crippen MR) is 170 cm³/mol. The van der Waals surface area contributed by atoms with Gasteiger partial charge in [-0.05, 0) is 43.4 Å². The third kappa shape index (κ3) is 13.3. The Morgan fingerprint density at radius 3 is 2.68 bits per heavy atom. The van der Waals surface area contributed by atoms with Gasteiger partial charge in [-0.15, -0.1) is 4.37 Å². The maximum Gasteiger partial charge on any atom is 0.253 e. The second-order valence-corrected chi connectivity index (χ2v) is 12.3. The van der Waals surface area contributed by atoms with Crippen molar-refractivity contribution in [3.05, 3.63) is 11.8 Å². The summed E-state index contributed by atoms with van der Waals surface area (Å²) in [7, 11) is 3.98. The smallest absolute Gasteiger partial charge is 0.253 e. The van der Waals surface area contributed by atoms with E-state index < -0.39 is 0 Å². The van der Waals surface area contributed by atoms with Crippen LogP contribution in [0.4, 0.5) is 0 Å². The van der Waals surface area contributed by atoms with Gasteiger partial charge in [-0.2, -0.15) is 4.37 Å². The quantitative estimate of drug-likeness (QED) is 0.125. The molecule has 3 rings (SSSR count). The molecule has 0 radical (unpaired) electrons. The van der Waals surface area contributed by atoms with E-state index in [4.69, 9.17) is 9.47 Å². The summed E-state index contributed by atoms with van der Waals surface area (Å²) in [4.78, 5) is 21.4. The molecular formula is C32H59N4O4S+. The highest BCUT2D eigenvalue weighted by molar-refractivity contribution is 6.99. The molecule has 0 bridgehead atoms. The molecule has 0 aromatic carbocycles. The average Bonchev–Trinajstić information content (AvgIpc) is 3.60. The van der Waals surface area contributed by atoms with Crippen molar-refractivity contribution in [1.29, 1.82) is 0 Å². The van der Waals surface area contributed by atoms with Gasteiger partial charge in [-0.1, -0.05) is 72.8 Å². The summed E-state index contributed by atoms with van der Waals surface area (Å²) in [5.41, 5.74) is 2.67. The molecule has 0 spiro atoms. The zero-order valence-corrected chi connectivity index (χ0v) is 28.0. The summed E-state index contributed by atoms with van der Waals surface area (Å²) in [6.07, 6.45) is 16.8. The lowest BCUT2D eigenvalue weighted by atomic mass is 9.75. The molecule has 1 saturated carbocycles. The van der Waals surface area contributed by atoms with Crippen LogP contribution in [0.15, 0.2) is 6.08 Å². The zero-order chi connectivity index (χ0) is 30.6. The summed E-state index contributed by atoms with van der Waals surface area (Å²) < 4.78 is 20.9. The first-order valence-corrected chi connectivity index (χ1v) is 16.7. The normalized spacial score (nSPS) is 23.4. The number of unbranched alkanes of at least 4 members (excludes halogenated alkanes) is 3. The number of aromatic nitrogens is 2. The lowest BCUT2D eigenvalue weighted by Gasteiger charge is -2.36. The van der Waals surface area contributed by atoms with Gasteiger partial charge < -0.3 is 19.6 Å². The van der Waals surface area contributed by atoms with Crippen LogP contribution in [0.5, 0.6) is 5.88 Å². The molecule has 9 heteroatoms. The number of aldehydes is 1. The molecule has 1 aliphatic heterocycles. The molecule has 3 atom stereocenters. The second kappa shape index (κ2) is 20.9. The maximum absolute atomic E-state index is 11.3. The Balaban J connectivity index is 0.000000399. The van der Waals surface area contributed by atoms with E-state index in [0.717, 1.165) is 74.5 Å². The molecule has 1 aromatic rings. The van der Waals surface area contributed by atoms with Crippen molar-refractivity contribution in [2.45, 2.75) is 112 Å². The lowest BCUT2D eigenvalue weighted by Crippen LogP contribution is -2.48. The number of methoxy groups -OCH3 is 1. The fourth-order valence-electron chi connectivity index (χ4n) is 5.88. The van der Waals surface area contributed by atoms with Gasteiger partial charge in [0.05, 0.1) is 38.5 Å². The SMILES string of the molecule is CC.CCC1(C)CCCC1CCCC(=O)NCC=O.CCCCCCOc1nsnc1C1=CCC[N+](C)(COC)C1. The molecule has 1 aromatic heterocycles. The molecule has 236 valence electrons. The maximum atomic E-state index is 11.3. The Labute approximate surface area is 254 Å². The van der Waals surface area contributed by atoms with Crippen molar-refractivity contribution in [2.24, 2.45) is 11.3 Å². The van der Waals surface area contributed by atoms with Crippen LogP contribution in [-0.2, 0) is 14.3 Å². The number of likely N-dealkylation sites (N-methyl/N-ethyl adjacent to an activating group) is 1. The van der Waals surface area contributed by atoms with Crippen LogP contribution in [0.3, 0.4) is 0 Å². The Hall–Kier alpha value is -1.84. The molecule has 0 saturated heterocycles. The number of nitrogens with zero attached hydrogens (tertiary/aromatic N) is 3. The molecule has 3 unspecified atom stereocenters. The van der Waals surface area contributed by atoms with E-state index in [1.807, 2.05) is 13.8 Å². The Kier molecular flexibility index (Phi) is 19.0. The summed E-state index contributed by atoms with van der Waals surface area (Å²) >= 11 is 1.24. The average molecular weight is 596 g/mol. The van der Waals surface area contributed by atoms with Crippen LogP contribution < -0.4 is 10.1 Å². The number of hydrogen-bond donors (Lipinski definition) is 1. The van der Waals surface area contributed by atoms with Crippen molar-refractivity contribution in [3.8, 4) is 5.88 Å². The number of carbonyl (C=O) groups is 2. The first-order valence-electron chi connectivity index (χ1n) is 16.0. The van der Waals surface area contributed by atoms with E-state index >= 15 is 0 Å². The first-order chi connectivity index (χ1) is 19.8. The Bertz CT molecular complexity index is 893. The van der Waals surface area contributed by atoms with Gasteiger partial charge in [-0.3, -0.25) is 9.28 Å². The second-order valence-electron chi connectivity index (χ2n) is 11.7. The summed E-state index contributed by atoms with van der Waals surface area (Å²) in [6.45, 7) is 14.5. The van der Waals surface area contributed by atoms with Crippen molar-refractivity contribution in [1.82, 2.24) is 14.1 Å². The van der Waals surface area contributed by atoms with Crippen LogP contribution >= 0.6 is 11.7 Å². The number of hydrogen-bond acceptors (Lipinski definition) is 7. The van der Waals surface area contributed by atoms with Gasteiger partial charge in [0.1, 0.15) is 18.5 Å². The van der Waals surface area contributed by atoms with E-state index in [9.17, 15) is 9.59 Å². The highest BCUT2D eigenvalue weighted by atomic mass is 32.1. The fraction of sp³-hybridized carbons (Fsp3) is 0.812. The van der Waals surface area contributed by atoms with Crippen molar-refractivity contribution < 1.29 is 23.5 Å². The standard InChI is InChI=1S/C16H28N3O2S.C14H25NO2.C2H6/c1-4-5-6-7-11-21-16-15(17-22-18-16)14-9-8-10-19(2,12-14)13-20-3;1-3-14(2)9-5-7-12(14)6-4-8-13(17)15-10-11-16;1-2/h9H,4-8,10-13H2,1-3H3;11-12H,3-10H2,1-2H3,(H,15,17);1-2H3/q+1;;. The molecule has 8 nitrogen and oxygen atoms in total. The molecule has 1 aliphatic carbocycles. The third-order valence-corrected chi connectivity index (χ3v) is 9.00. The molecule has 2 heterocycles. The number of carbonyl (C=O) groups excluding carboxylic acids is 2. The van der Waals surface area contributed by atoms with Crippen LogP contribution in [-0.4, -0.2) is 72.6 Å². The van der Waals surface area contributed by atoms with E-state index in [2.05, 4.69) is 48.0 Å². The monoisotopic (exact) mass is 595 g/mol. The Morgan fingerprint density at radius 2 is 2.00 bits per heavy atom. The van der Waals surface area contributed by atoms with Crippen LogP contribution in [0.25, 0.3) is 5.57 Å². The van der Waals surface area contributed by atoms with Gasteiger partial charge in [0.2, 0.25) is 5.91 Å². The van der Waals surface area contributed by atoms with Gasteiger partial charge in [0, 0.05) is 25.5 Å². The fourth-order valence-corrected chi connectivity index (χ4v) is 6.41. The number of ether oxygens (including phenoxy) is 2. The van der Waals surface area contributed by atoms with Gasteiger partial charge in [-0.25, -0.2) is 0 Å². The Morgan fingerprint density at radius 1 is 1.22 bits per heavy atom. The van der Waals surface area contributed by atoms with E-state index in [1.54, 1.807) is 7.11 Å². The summed E-state index contributed by atoms with van der Waals surface area (Å²) in [5, 5.41) is 2.59. The van der Waals surface area contributed by atoms with Crippen LogP contribution in [0, 0.1) is 11.3 Å². The minimum atomic E-state index is 0.00768. The number of nitrogens with one attached hydrogen (secondary N) is 1. The van der Waals surface area contributed by atoms with Crippen molar-refractivity contribution >= 4 is 29.5 Å². The van der Waals surface area contributed by atoms with E-state index in [-0.39, 0.29) is 12.5 Å².